The summed E-state index contributed by atoms with van der Waals surface area (Å²) in [5, 5.41) is 2.51. The van der Waals surface area contributed by atoms with Crippen molar-refractivity contribution in [2.75, 3.05) is 5.32 Å². The summed E-state index contributed by atoms with van der Waals surface area (Å²) in [4.78, 5) is 12.1. The molecule has 0 bridgehead atoms. The first-order valence-corrected chi connectivity index (χ1v) is 4.36. The van der Waals surface area contributed by atoms with Gasteiger partial charge in [-0.3, -0.25) is 4.79 Å². The fraction of sp³-hybridized carbons (Fsp3) is 0. The van der Waals surface area contributed by atoms with Gasteiger partial charge in [0.25, 0.3) is 5.91 Å². The molecule has 15 heavy (non-hydrogen) atoms. The van der Waals surface area contributed by atoms with Gasteiger partial charge in [0.05, 0.1) is 6.85 Å². The predicted molar refractivity (Wildman–Crippen MR) is 60.8 cm³/mol. The number of amides is 1. The fourth-order valence-corrected chi connectivity index (χ4v) is 1.08. The van der Waals surface area contributed by atoms with Crippen LogP contribution in [0.15, 0.2) is 60.5 Å². The molecule has 0 radical (unpaired) electrons. The number of carbonyl (C=O) groups is 1. The maximum Gasteiger partial charge on any atom is 0.255 e. The summed E-state index contributed by atoms with van der Waals surface area (Å²) in [5.41, 5.74) is 0.129. The first-order valence-electron chi connectivity index (χ1n) is 6.86. The van der Waals surface area contributed by atoms with Gasteiger partial charge in [-0.15, -0.1) is 0 Å². The second kappa shape index (κ2) is 4.42. The van der Waals surface area contributed by atoms with E-state index in [1.165, 1.54) is 0 Å². The van der Waals surface area contributed by atoms with Crippen LogP contribution in [0.5, 0.6) is 0 Å². The molecule has 2 heteroatoms. The van der Waals surface area contributed by atoms with Gasteiger partial charge in [-0.1, -0.05) is 36.3 Å². The minimum absolute atomic E-state index is 0.361. The molecule has 2 rings (SSSR count). The Kier molecular flexibility index (Phi) is 1.51. The van der Waals surface area contributed by atoms with Crippen molar-refractivity contribution in [3.05, 3.63) is 66.1 Å². The first kappa shape index (κ1) is 5.12. The fourth-order valence-electron chi connectivity index (χ4n) is 1.08. The van der Waals surface area contributed by atoms with E-state index < -0.39 is 36.1 Å². The van der Waals surface area contributed by atoms with Crippen LogP contribution in [0.4, 0.5) is 5.69 Å². The number of nitrogens with one attached hydrogen (secondary N) is 1. The zero-order valence-corrected chi connectivity index (χ0v) is 7.79. The Hall–Kier alpha value is -2.09. The number of rotatable bonds is 2. The maximum absolute atomic E-state index is 12.1. The molecule has 2 aromatic carbocycles. The van der Waals surface area contributed by atoms with E-state index in [-0.39, 0.29) is 5.56 Å². The van der Waals surface area contributed by atoms with E-state index in [0.29, 0.717) is 5.69 Å². The average Bonchev–Trinajstić information content (AvgIpc) is 2.44. The van der Waals surface area contributed by atoms with Crippen LogP contribution in [0.2, 0.25) is 0 Å². The number of hydrogen-bond donors (Lipinski definition) is 1. The van der Waals surface area contributed by atoms with Crippen molar-refractivity contribution in [2.24, 2.45) is 0 Å². The van der Waals surface area contributed by atoms with Crippen molar-refractivity contribution in [1.82, 2.24) is 0 Å². The number of carbonyl (C=O) groups excluding carboxylic acids is 1. The second-order valence-electron chi connectivity index (χ2n) is 2.82. The Morgan fingerprint density at radius 3 is 2.40 bits per heavy atom. The van der Waals surface area contributed by atoms with E-state index in [9.17, 15) is 4.79 Å². The summed E-state index contributed by atoms with van der Waals surface area (Å²) in [6.45, 7) is 0. The third kappa shape index (κ3) is 2.44. The minimum atomic E-state index is -0.729. The molecule has 0 fully saturated rings. The van der Waals surface area contributed by atoms with Gasteiger partial charge >= 0.3 is 0 Å². The van der Waals surface area contributed by atoms with Crippen molar-refractivity contribution in [1.29, 1.82) is 0 Å². The molecule has 0 unspecified atom stereocenters. The molecule has 0 aliphatic rings. The Bertz CT molecular complexity index is 643. The Morgan fingerprint density at radius 1 is 1.07 bits per heavy atom. The molecular formula is C13H11NO. The molecule has 0 heterocycles. The molecule has 2 nitrogen and oxygen atoms in total. The standard InChI is InChI=1S/C13H11NO/c15-13(11-7-3-1-4-8-11)14-12-9-5-2-6-10-12/h1-10H,(H,14,15)/i1D,3D,4D,7D,8D. The van der Waals surface area contributed by atoms with Gasteiger partial charge in [-0.2, -0.15) is 0 Å². The Balaban J connectivity index is 2.45. The van der Waals surface area contributed by atoms with Crippen molar-refractivity contribution in [2.45, 2.75) is 0 Å². The predicted octanol–water partition coefficient (Wildman–Crippen LogP) is 2.94. The lowest BCUT2D eigenvalue weighted by Crippen LogP contribution is -2.11. The largest absolute Gasteiger partial charge is 0.322 e. The van der Waals surface area contributed by atoms with Crippen LogP contribution in [0, 0.1) is 0 Å². The lowest BCUT2D eigenvalue weighted by molar-refractivity contribution is 0.102. The highest BCUT2D eigenvalue weighted by Crippen LogP contribution is 2.07. The van der Waals surface area contributed by atoms with Crippen LogP contribution in [-0.4, -0.2) is 5.91 Å². The minimum Gasteiger partial charge on any atom is -0.322 e. The monoisotopic (exact) mass is 202 g/mol. The third-order valence-corrected chi connectivity index (χ3v) is 1.76. The van der Waals surface area contributed by atoms with Crippen LogP contribution in [0.3, 0.4) is 0 Å². The van der Waals surface area contributed by atoms with Crippen molar-refractivity contribution in [3.8, 4) is 0 Å². The number of para-hydroxylation sites is 1. The van der Waals surface area contributed by atoms with Crippen LogP contribution in [-0.2, 0) is 0 Å². The van der Waals surface area contributed by atoms with Crippen molar-refractivity contribution < 1.29 is 11.6 Å². The Morgan fingerprint density at radius 2 is 1.73 bits per heavy atom. The molecule has 0 aliphatic heterocycles. The summed E-state index contributed by atoms with van der Waals surface area (Å²) >= 11 is 0. The molecule has 0 spiro atoms. The van der Waals surface area contributed by atoms with Crippen LogP contribution < -0.4 is 5.32 Å². The highest BCUT2D eigenvalue weighted by atomic mass is 16.1. The van der Waals surface area contributed by atoms with Gasteiger partial charge in [-0.05, 0) is 24.2 Å². The summed E-state index contributed by atoms with van der Waals surface area (Å²) in [6.07, 6.45) is 0. The summed E-state index contributed by atoms with van der Waals surface area (Å²) < 4.78 is 37.9. The highest BCUT2D eigenvalue weighted by molar-refractivity contribution is 6.04. The van der Waals surface area contributed by atoms with E-state index in [2.05, 4.69) is 5.32 Å². The van der Waals surface area contributed by atoms with Crippen LogP contribution in [0.25, 0.3) is 0 Å². The molecular weight excluding hydrogens is 186 g/mol. The topological polar surface area (TPSA) is 29.1 Å². The van der Waals surface area contributed by atoms with Crippen molar-refractivity contribution in [3.63, 3.8) is 0 Å². The van der Waals surface area contributed by atoms with E-state index in [1.54, 1.807) is 30.3 Å². The van der Waals surface area contributed by atoms with Gasteiger partial charge in [0.2, 0.25) is 0 Å². The average molecular weight is 202 g/mol. The molecule has 0 aromatic heterocycles. The molecule has 0 aliphatic carbocycles. The van der Waals surface area contributed by atoms with E-state index in [4.69, 9.17) is 6.85 Å². The van der Waals surface area contributed by atoms with Gasteiger partial charge in [0.1, 0.15) is 0 Å². The van der Waals surface area contributed by atoms with Gasteiger partial charge in [0.15, 0.2) is 0 Å². The van der Waals surface area contributed by atoms with Gasteiger partial charge < -0.3 is 5.32 Å². The molecule has 74 valence electrons. The number of hydrogen-bond acceptors (Lipinski definition) is 1. The normalized spacial score (nSPS) is 14.3. The van der Waals surface area contributed by atoms with Crippen LogP contribution >= 0.6 is 0 Å². The van der Waals surface area contributed by atoms with Crippen LogP contribution in [0.1, 0.15) is 17.2 Å². The molecule has 1 N–H and O–H groups in total. The van der Waals surface area contributed by atoms with Gasteiger partial charge in [-0.25, -0.2) is 0 Å². The van der Waals surface area contributed by atoms with Crippen molar-refractivity contribution >= 4 is 11.6 Å². The number of benzene rings is 2. The zero-order chi connectivity index (χ0) is 14.9. The molecule has 0 atom stereocenters. The number of anilines is 1. The zero-order valence-electron chi connectivity index (χ0n) is 12.8. The molecule has 1 amide bonds. The quantitative estimate of drug-likeness (QED) is 0.797. The second-order valence-corrected chi connectivity index (χ2v) is 2.82. The first-order chi connectivity index (χ1) is 9.43. The summed E-state index contributed by atoms with van der Waals surface area (Å²) in [5.74, 6) is -0.729. The smallest absolute Gasteiger partial charge is 0.255 e. The SMILES string of the molecule is [2H]c1c([2H])c([2H])c(C(=O)Nc2ccccc2)c([2H])c1[2H]. The Labute approximate surface area is 95.6 Å². The third-order valence-electron chi connectivity index (χ3n) is 1.76. The maximum atomic E-state index is 12.1. The molecule has 2 aromatic rings. The highest BCUT2D eigenvalue weighted by Gasteiger charge is 2.03. The van der Waals surface area contributed by atoms with E-state index in [1.807, 2.05) is 0 Å². The molecule has 0 saturated carbocycles. The van der Waals surface area contributed by atoms with Gasteiger partial charge in [0, 0.05) is 11.3 Å². The lowest BCUT2D eigenvalue weighted by atomic mass is 10.2. The summed E-state index contributed by atoms with van der Waals surface area (Å²) in [7, 11) is 0. The van der Waals surface area contributed by atoms with E-state index in [0.717, 1.165) is 0 Å². The summed E-state index contributed by atoms with van der Waals surface area (Å²) in [6, 6.07) is 5.92. The van der Waals surface area contributed by atoms with E-state index >= 15 is 0 Å². The lowest BCUT2D eigenvalue weighted by Gasteiger charge is -2.03. The molecule has 0 saturated heterocycles.